The largest absolute Gasteiger partial charge is 1.00 e. The molecular weight excluding hydrogens is 329 g/mol. The van der Waals surface area contributed by atoms with Crippen molar-refractivity contribution in [1.82, 2.24) is 0 Å². The predicted octanol–water partition coefficient (Wildman–Crippen LogP) is 0.329. The minimum absolute atomic E-state index is 0. The molecule has 0 aromatic heterocycles. The first kappa shape index (κ1) is 12.5. The normalized spacial score (nSPS) is 10.4. The zero-order valence-corrected chi connectivity index (χ0v) is 11.8. The molecule has 0 amide bonds. The van der Waals surface area contributed by atoms with Gasteiger partial charge in [0.15, 0.2) is 0 Å². The molecule has 51 valence electrons. The van der Waals surface area contributed by atoms with Crippen LogP contribution in [0.4, 0.5) is 0 Å². The second-order valence-electron chi connectivity index (χ2n) is 1.62. The van der Waals surface area contributed by atoms with E-state index < -0.39 is 10.1 Å². The molecule has 0 spiro atoms. The van der Waals surface area contributed by atoms with Gasteiger partial charge in [0.05, 0.1) is 10.1 Å². The summed E-state index contributed by atoms with van der Waals surface area (Å²) in [5.74, 6) is -0.219. The average Bonchev–Trinajstić information content (AvgIpc) is 1.59. The molecule has 0 rings (SSSR count). The fourth-order valence-corrected chi connectivity index (χ4v) is 0.963. The Hall–Kier alpha value is 0.845. The monoisotopic (exact) mass is 339 g/mol. The Labute approximate surface area is 76.1 Å². The van der Waals surface area contributed by atoms with Crippen molar-refractivity contribution in [3.63, 3.8) is 0 Å². The summed E-state index contributed by atoms with van der Waals surface area (Å²) in [4.78, 5) is 0. The van der Waals surface area contributed by atoms with Gasteiger partial charge in [0.1, 0.15) is 0 Å². The second-order valence-corrected chi connectivity index (χ2v) is 3.14. The standard InChI is InChI=1S/C4H10O3S.Hg/c1-2-3-4-8(5,6)7;/h2-4H2,1H3,(H,5,6,7);/q;+1/p-1. The molecule has 1 radical (unpaired) electrons. The molecule has 0 unspecified atom stereocenters. The van der Waals surface area contributed by atoms with Crippen LogP contribution in [0.15, 0.2) is 0 Å². The minimum atomic E-state index is -3.94. The van der Waals surface area contributed by atoms with Gasteiger partial charge < -0.3 is 4.55 Å². The van der Waals surface area contributed by atoms with Gasteiger partial charge in [0, 0.05) is 5.75 Å². The topological polar surface area (TPSA) is 57.2 Å². The smallest absolute Gasteiger partial charge is 0.748 e. The summed E-state index contributed by atoms with van der Waals surface area (Å²) in [5.41, 5.74) is 0. The molecule has 0 aromatic rings. The van der Waals surface area contributed by atoms with Crippen molar-refractivity contribution in [2.75, 3.05) is 5.75 Å². The van der Waals surface area contributed by atoms with E-state index in [2.05, 4.69) is 0 Å². The SMILES string of the molecule is CCCCS(=O)(=O)[O-].[Hg+]. The van der Waals surface area contributed by atoms with Gasteiger partial charge in [-0.1, -0.05) is 13.3 Å². The van der Waals surface area contributed by atoms with E-state index in [4.69, 9.17) is 0 Å². The fraction of sp³-hybridized carbons (Fsp3) is 1.00. The van der Waals surface area contributed by atoms with E-state index in [9.17, 15) is 13.0 Å². The van der Waals surface area contributed by atoms with E-state index >= 15 is 0 Å². The van der Waals surface area contributed by atoms with Crippen LogP contribution in [-0.4, -0.2) is 18.7 Å². The molecule has 0 atom stereocenters. The summed E-state index contributed by atoms with van der Waals surface area (Å²) < 4.78 is 29.5. The molecule has 0 bridgehead atoms. The van der Waals surface area contributed by atoms with Crippen molar-refractivity contribution < 1.29 is 40.6 Å². The molecule has 0 N–H and O–H groups in total. The Kier molecular flexibility index (Phi) is 7.81. The molecular formula is C4H9HgO3S. The summed E-state index contributed by atoms with van der Waals surface area (Å²) in [6.45, 7) is 1.84. The third-order valence-corrected chi connectivity index (χ3v) is 1.54. The van der Waals surface area contributed by atoms with Crippen LogP contribution >= 0.6 is 0 Å². The van der Waals surface area contributed by atoms with Gasteiger partial charge in [-0.3, -0.25) is 0 Å². The molecule has 0 aliphatic heterocycles. The molecule has 9 heavy (non-hydrogen) atoms. The summed E-state index contributed by atoms with van der Waals surface area (Å²) in [6, 6.07) is 0. The van der Waals surface area contributed by atoms with Crippen LogP contribution in [0.25, 0.3) is 0 Å². The van der Waals surface area contributed by atoms with Gasteiger partial charge in [-0.25, -0.2) is 8.42 Å². The summed E-state index contributed by atoms with van der Waals surface area (Å²) in [7, 11) is -3.94. The zero-order valence-electron chi connectivity index (χ0n) is 5.46. The minimum Gasteiger partial charge on any atom is -0.748 e. The van der Waals surface area contributed by atoms with Gasteiger partial charge in [-0.15, -0.1) is 0 Å². The maximum Gasteiger partial charge on any atom is 1.00 e. The summed E-state index contributed by atoms with van der Waals surface area (Å²) >= 11 is 0. The van der Waals surface area contributed by atoms with Crippen LogP contribution in [-0.2, 0) is 37.8 Å². The van der Waals surface area contributed by atoms with Gasteiger partial charge >= 0.3 is 27.7 Å². The van der Waals surface area contributed by atoms with Crippen LogP contribution in [0, 0.1) is 0 Å². The Bertz CT molecular complexity index is 140. The third-order valence-electron chi connectivity index (χ3n) is 0.748. The van der Waals surface area contributed by atoms with Crippen LogP contribution in [0.1, 0.15) is 19.8 Å². The van der Waals surface area contributed by atoms with E-state index in [1.807, 2.05) is 6.92 Å². The number of hydrogen-bond donors (Lipinski definition) is 0. The van der Waals surface area contributed by atoms with E-state index in [-0.39, 0.29) is 33.4 Å². The second kappa shape index (κ2) is 5.62. The molecule has 3 nitrogen and oxygen atoms in total. The van der Waals surface area contributed by atoms with Crippen LogP contribution in [0.2, 0.25) is 0 Å². The Morgan fingerprint density at radius 3 is 2.00 bits per heavy atom. The van der Waals surface area contributed by atoms with E-state index in [1.54, 1.807) is 0 Å². The van der Waals surface area contributed by atoms with Crippen molar-refractivity contribution in [2.24, 2.45) is 0 Å². The van der Waals surface area contributed by atoms with E-state index in [0.717, 1.165) is 6.42 Å². The maximum atomic E-state index is 9.83. The van der Waals surface area contributed by atoms with Gasteiger partial charge in [-0.05, 0) is 6.42 Å². The van der Waals surface area contributed by atoms with Crippen molar-refractivity contribution in [3.05, 3.63) is 0 Å². The fourth-order valence-electron chi connectivity index (χ4n) is 0.321. The number of hydrogen-bond acceptors (Lipinski definition) is 3. The van der Waals surface area contributed by atoms with Crippen molar-refractivity contribution in [2.45, 2.75) is 19.8 Å². The molecule has 0 aromatic carbocycles. The predicted molar refractivity (Wildman–Crippen MR) is 29.5 cm³/mol. The van der Waals surface area contributed by atoms with Crippen LogP contribution in [0.3, 0.4) is 0 Å². The summed E-state index contributed by atoms with van der Waals surface area (Å²) in [6.07, 6.45) is 1.23. The molecule has 0 fully saturated rings. The van der Waals surface area contributed by atoms with E-state index in [0.29, 0.717) is 6.42 Å². The van der Waals surface area contributed by atoms with Crippen LogP contribution in [0.5, 0.6) is 0 Å². The average molecular weight is 338 g/mol. The first-order chi connectivity index (χ1) is 3.56. The molecule has 0 heterocycles. The summed E-state index contributed by atoms with van der Waals surface area (Å²) in [5, 5.41) is 0. The molecule has 5 heteroatoms. The quantitative estimate of drug-likeness (QED) is 0.551. The molecule has 0 aliphatic carbocycles. The Balaban J connectivity index is 0. The first-order valence-electron chi connectivity index (χ1n) is 2.50. The molecule has 0 aliphatic rings. The molecule has 0 saturated heterocycles. The van der Waals surface area contributed by atoms with Crippen molar-refractivity contribution in [3.8, 4) is 0 Å². The molecule has 0 saturated carbocycles. The first-order valence-corrected chi connectivity index (χ1v) is 4.07. The Morgan fingerprint density at radius 1 is 1.44 bits per heavy atom. The maximum absolute atomic E-state index is 9.83. The number of unbranched alkanes of at least 4 members (excludes halogenated alkanes) is 1. The van der Waals surface area contributed by atoms with Gasteiger partial charge in [0.25, 0.3) is 0 Å². The van der Waals surface area contributed by atoms with Crippen LogP contribution < -0.4 is 0 Å². The van der Waals surface area contributed by atoms with Crippen molar-refractivity contribution >= 4 is 10.1 Å². The van der Waals surface area contributed by atoms with Gasteiger partial charge in [-0.2, -0.15) is 0 Å². The van der Waals surface area contributed by atoms with Gasteiger partial charge in [0.2, 0.25) is 0 Å². The third kappa shape index (κ3) is 12.1. The Morgan fingerprint density at radius 2 is 1.89 bits per heavy atom. The van der Waals surface area contributed by atoms with Crippen molar-refractivity contribution in [1.29, 1.82) is 0 Å². The zero-order chi connectivity index (χ0) is 6.62. The van der Waals surface area contributed by atoms with E-state index in [1.165, 1.54) is 0 Å². The number of rotatable bonds is 3.